The van der Waals surface area contributed by atoms with E-state index in [2.05, 4.69) is 15.1 Å². The van der Waals surface area contributed by atoms with Gasteiger partial charge in [-0.3, -0.25) is 0 Å². The van der Waals surface area contributed by atoms with Crippen molar-refractivity contribution in [3.05, 3.63) is 30.2 Å². The Morgan fingerprint density at radius 2 is 2.24 bits per heavy atom. The number of hydrogen-bond donors (Lipinski definition) is 2. The van der Waals surface area contributed by atoms with Crippen LogP contribution in [0.3, 0.4) is 0 Å². The van der Waals surface area contributed by atoms with Crippen LogP contribution in [-0.2, 0) is 4.74 Å². The molecule has 2 aromatic rings. The number of nitrogens with two attached hydrogens (primary N) is 1. The molecular weight excluding hydrogens is 272 g/mol. The van der Waals surface area contributed by atoms with Gasteiger partial charge in [-0.2, -0.15) is 5.10 Å². The fraction of sp³-hybridized carbons (Fsp3) is 0.308. The minimum Gasteiger partial charge on any atom is -0.393 e. The lowest BCUT2D eigenvalue weighted by atomic mass is 10.2. The Morgan fingerprint density at radius 3 is 3.00 bits per heavy atom. The maximum Gasteiger partial charge on any atom is 0.162 e. The summed E-state index contributed by atoms with van der Waals surface area (Å²) in [5.74, 6) is 1.13. The van der Waals surface area contributed by atoms with Crippen molar-refractivity contribution in [3.63, 3.8) is 0 Å². The van der Waals surface area contributed by atoms with Crippen LogP contribution in [-0.4, -0.2) is 45.2 Å². The van der Waals surface area contributed by atoms with E-state index in [1.807, 2.05) is 22.9 Å². The quantitative estimate of drug-likeness (QED) is 0.750. The van der Waals surface area contributed by atoms with Crippen LogP contribution in [0.5, 0.6) is 0 Å². The highest BCUT2D eigenvalue weighted by Gasteiger charge is 2.28. The van der Waals surface area contributed by atoms with E-state index in [1.165, 1.54) is 6.33 Å². The monoisotopic (exact) mass is 286 g/mol. The lowest BCUT2D eigenvalue weighted by Crippen LogP contribution is -2.25. The highest BCUT2D eigenvalue weighted by Crippen LogP contribution is 2.34. The van der Waals surface area contributed by atoms with Crippen LogP contribution in [0.2, 0.25) is 0 Å². The minimum absolute atomic E-state index is 0.0500. The highest BCUT2D eigenvalue weighted by atomic mass is 16.5. The van der Waals surface area contributed by atoms with Crippen molar-refractivity contribution in [1.82, 2.24) is 14.5 Å². The van der Waals surface area contributed by atoms with E-state index in [0.29, 0.717) is 11.7 Å². The summed E-state index contributed by atoms with van der Waals surface area (Å²) >= 11 is 0. The number of amidine groups is 1. The minimum atomic E-state index is -0.322. The van der Waals surface area contributed by atoms with Crippen molar-refractivity contribution in [3.8, 4) is 0 Å². The van der Waals surface area contributed by atoms with Crippen LogP contribution < -0.4 is 10.7 Å². The van der Waals surface area contributed by atoms with E-state index in [-0.39, 0.29) is 18.9 Å². The topological polar surface area (TPSA) is 102 Å². The molecule has 2 aliphatic rings. The third kappa shape index (κ3) is 1.66. The molecule has 108 valence electrons. The van der Waals surface area contributed by atoms with Gasteiger partial charge in [-0.1, -0.05) is 6.08 Å². The predicted octanol–water partition coefficient (Wildman–Crippen LogP) is -0.0527. The van der Waals surface area contributed by atoms with Gasteiger partial charge in [0.25, 0.3) is 0 Å². The largest absolute Gasteiger partial charge is 0.393 e. The van der Waals surface area contributed by atoms with Crippen LogP contribution in [0, 0.1) is 0 Å². The van der Waals surface area contributed by atoms with Crippen molar-refractivity contribution in [1.29, 1.82) is 0 Å². The Balaban J connectivity index is 1.90. The molecule has 4 rings (SSSR count). The SMILES string of the molecule is CN1N=C(N)c2cn(C3C=C[C@@H](CO)O3)c3ncnc1c23. The van der Waals surface area contributed by atoms with Crippen LogP contribution in [0.4, 0.5) is 5.82 Å². The summed E-state index contributed by atoms with van der Waals surface area (Å²) in [6, 6.07) is 0. The molecule has 0 saturated carbocycles. The molecule has 0 aromatic carbocycles. The summed E-state index contributed by atoms with van der Waals surface area (Å²) in [7, 11) is 1.79. The van der Waals surface area contributed by atoms with Gasteiger partial charge in [-0.15, -0.1) is 0 Å². The van der Waals surface area contributed by atoms with E-state index in [4.69, 9.17) is 15.6 Å². The number of anilines is 1. The molecule has 0 amide bonds. The van der Waals surface area contributed by atoms with Crippen LogP contribution in [0.15, 0.2) is 29.8 Å². The molecular formula is C13H14N6O2. The van der Waals surface area contributed by atoms with Gasteiger partial charge in [0.1, 0.15) is 18.1 Å². The smallest absolute Gasteiger partial charge is 0.162 e. The number of aliphatic hydroxyl groups excluding tert-OH is 1. The third-order valence-corrected chi connectivity index (χ3v) is 3.69. The van der Waals surface area contributed by atoms with E-state index in [0.717, 1.165) is 16.6 Å². The average Bonchev–Trinajstić information content (AvgIpc) is 3.09. The molecule has 0 radical (unpaired) electrons. The normalized spacial score (nSPS) is 23.9. The summed E-state index contributed by atoms with van der Waals surface area (Å²) in [6.45, 7) is -0.0500. The number of hydrogen-bond acceptors (Lipinski definition) is 7. The summed E-state index contributed by atoms with van der Waals surface area (Å²) < 4.78 is 7.61. The number of ether oxygens (including phenoxy) is 1. The Kier molecular flexibility index (Phi) is 2.50. The van der Waals surface area contributed by atoms with Gasteiger partial charge in [0.2, 0.25) is 0 Å². The number of aliphatic hydroxyl groups is 1. The van der Waals surface area contributed by atoms with Crippen LogP contribution >= 0.6 is 0 Å². The molecule has 1 unspecified atom stereocenters. The van der Waals surface area contributed by atoms with Crippen LogP contribution in [0.25, 0.3) is 11.0 Å². The lowest BCUT2D eigenvalue weighted by Gasteiger charge is -2.18. The zero-order valence-corrected chi connectivity index (χ0v) is 11.3. The molecule has 21 heavy (non-hydrogen) atoms. The third-order valence-electron chi connectivity index (χ3n) is 3.69. The fourth-order valence-electron chi connectivity index (χ4n) is 2.72. The number of aromatic nitrogens is 3. The van der Waals surface area contributed by atoms with Crippen LogP contribution in [0.1, 0.15) is 11.8 Å². The first-order chi connectivity index (χ1) is 10.2. The molecule has 0 saturated heterocycles. The second kappa shape index (κ2) is 4.27. The van der Waals surface area contributed by atoms with Crippen molar-refractivity contribution < 1.29 is 9.84 Å². The molecule has 2 atom stereocenters. The molecule has 0 spiro atoms. The zero-order valence-electron chi connectivity index (χ0n) is 11.3. The molecule has 8 nitrogen and oxygen atoms in total. The molecule has 3 N–H and O–H groups in total. The lowest BCUT2D eigenvalue weighted by molar-refractivity contribution is -0.00614. The first-order valence-corrected chi connectivity index (χ1v) is 6.57. The Bertz CT molecular complexity index is 780. The van der Waals surface area contributed by atoms with Crippen molar-refractivity contribution in [2.75, 3.05) is 18.7 Å². The second-order valence-corrected chi connectivity index (χ2v) is 4.99. The summed E-state index contributed by atoms with van der Waals surface area (Å²) in [4.78, 5) is 8.61. The van der Waals surface area contributed by atoms with Gasteiger partial charge in [0.15, 0.2) is 17.9 Å². The average molecular weight is 286 g/mol. The molecule has 0 aliphatic carbocycles. The van der Waals surface area contributed by atoms with Crippen molar-refractivity contribution in [2.24, 2.45) is 10.8 Å². The van der Waals surface area contributed by atoms with Gasteiger partial charge in [-0.05, 0) is 6.08 Å². The summed E-state index contributed by atoms with van der Waals surface area (Å²) in [5.41, 5.74) is 7.53. The Morgan fingerprint density at radius 1 is 1.38 bits per heavy atom. The van der Waals surface area contributed by atoms with E-state index < -0.39 is 0 Å². The van der Waals surface area contributed by atoms with Gasteiger partial charge in [-0.25, -0.2) is 15.0 Å². The first kappa shape index (κ1) is 12.3. The Hall–Kier alpha value is -2.45. The maximum atomic E-state index is 9.17. The van der Waals surface area contributed by atoms with Gasteiger partial charge < -0.3 is 20.1 Å². The number of hydrazone groups is 1. The summed E-state index contributed by atoms with van der Waals surface area (Å²) in [5, 5.41) is 15.9. The second-order valence-electron chi connectivity index (χ2n) is 4.99. The van der Waals surface area contributed by atoms with Crippen molar-refractivity contribution in [2.45, 2.75) is 12.3 Å². The zero-order chi connectivity index (χ0) is 14.6. The van der Waals surface area contributed by atoms with E-state index >= 15 is 0 Å². The molecule has 2 aromatic heterocycles. The first-order valence-electron chi connectivity index (χ1n) is 6.57. The molecule has 0 bridgehead atoms. The number of nitrogens with zero attached hydrogens (tertiary/aromatic N) is 5. The van der Waals surface area contributed by atoms with Gasteiger partial charge in [0.05, 0.1) is 12.0 Å². The van der Waals surface area contributed by atoms with E-state index in [9.17, 15) is 0 Å². The maximum absolute atomic E-state index is 9.17. The number of rotatable bonds is 2. The van der Waals surface area contributed by atoms with Crippen molar-refractivity contribution >= 4 is 22.7 Å². The predicted molar refractivity (Wildman–Crippen MR) is 76.8 cm³/mol. The molecule has 4 heterocycles. The molecule has 0 fully saturated rings. The van der Waals surface area contributed by atoms with Gasteiger partial charge in [0, 0.05) is 18.8 Å². The fourth-order valence-corrected chi connectivity index (χ4v) is 2.72. The highest BCUT2D eigenvalue weighted by molar-refractivity contribution is 6.13. The molecule has 2 aliphatic heterocycles. The summed E-state index contributed by atoms with van der Waals surface area (Å²) in [6.07, 6.45) is 6.47. The van der Waals surface area contributed by atoms with Gasteiger partial charge >= 0.3 is 0 Å². The standard InChI is InChI=1S/C13H14N6O2/c1-18-12-10-8(11(14)17-18)4-19(13(10)16-6-15-12)9-3-2-7(5-20)21-9/h2-4,6-7,9,20H,5H2,1H3,(H2,14,17)/t7-,9?/m0/s1. The molecule has 8 heteroatoms. The van der Waals surface area contributed by atoms with E-state index in [1.54, 1.807) is 12.1 Å². The Labute approximate surface area is 120 Å².